The first-order valence-corrected chi connectivity index (χ1v) is 49.5. The highest BCUT2D eigenvalue weighted by atomic mass is 15.1. The Hall–Kier alpha value is -19.1. The molecule has 680 valence electrons. The van der Waals surface area contributed by atoms with Gasteiger partial charge in [-0.3, -0.25) is 0 Å². The van der Waals surface area contributed by atoms with E-state index < -0.39 is 0 Å². The Morgan fingerprint density at radius 2 is 0.428 bits per heavy atom. The number of hydrogen-bond acceptors (Lipinski definition) is 8. The van der Waals surface area contributed by atoms with Crippen molar-refractivity contribution in [3.63, 3.8) is 0 Å². The van der Waals surface area contributed by atoms with Gasteiger partial charge in [-0.1, -0.05) is 412 Å². The lowest BCUT2D eigenvalue weighted by Gasteiger charge is -2.13. The second-order valence-electron chi connectivity index (χ2n) is 37.6. The quantitative estimate of drug-likeness (QED) is 0.106. The standard InChI is InChI=1S/2C46H30N4.C42H29N3/c2*1-3-13-30(14-4-1)32-18-11-19-34(27-32)45-47-44(31-15-5-2-6-16-31)48-46(49-45)35-20-12-21-36(28-35)50-42-24-10-9-23-39(42)40-26-25-38-37-22-8-7-17-33(37)29-41(38)43(40)50;1-27-11-9-15-30(23-27)39-26-38(28-12-3-2-4-13-28)43-42(44-39)31-16-10-17-32(24-31)45-40-20-8-7-19-35(40)36-22-21-34-33-18-6-5-14-29(33)25-37(34)41(36)45/h2*1-28H,29H2;2-24,26H,25H2,1H3. The lowest BCUT2D eigenvalue weighted by atomic mass is 10.0. The monoisotopic (exact) mass is 1850 g/mol. The van der Waals surface area contributed by atoms with Crippen molar-refractivity contribution >= 4 is 65.4 Å². The van der Waals surface area contributed by atoms with Gasteiger partial charge in [0, 0.05) is 119 Å². The average Bonchev–Trinajstić information content (AvgIpc) is 1.57. The predicted octanol–water partition coefficient (Wildman–Crippen LogP) is 32.9. The fourth-order valence-corrected chi connectivity index (χ4v) is 22.1. The minimum Gasteiger partial charge on any atom is -0.309 e. The molecular formula is C134H89N11. The van der Waals surface area contributed by atoms with Gasteiger partial charge in [-0.2, -0.15) is 0 Å². The zero-order chi connectivity index (χ0) is 95.9. The molecule has 20 aromatic carbocycles. The molecule has 3 aliphatic carbocycles. The van der Waals surface area contributed by atoms with Crippen molar-refractivity contribution in [1.82, 2.24) is 53.6 Å². The van der Waals surface area contributed by atoms with Crippen molar-refractivity contribution in [2.75, 3.05) is 0 Å². The van der Waals surface area contributed by atoms with Gasteiger partial charge in [0.2, 0.25) is 0 Å². The third-order valence-electron chi connectivity index (χ3n) is 28.8. The van der Waals surface area contributed by atoms with Gasteiger partial charge in [0.25, 0.3) is 0 Å². The average molecular weight is 1850 g/mol. The van der Waals surface area contributed by atoms with Crippen LogP contribution in [0.4, 0.5) is 0 Å². The Morgan fingerprint density at radius 3 is 0.786 bits per heavy atom. The summed E-state index contributed by atoms with van der Waals surface area (Å²) in [6, 6.07) is 171. The van der Waals surface area contributed by atoms with Crippen molar-refractivity contribution in [3.8, 4) is 175 Å². The number of hydrogen-bond donors (Lipinski definition) is 0. The van der Waals surface area contributed by atoms with E-state index in [4.69, 9.17) is 39.9 Å². The fourth-order valence-electron chi connectivity index (χ4n) is 22.1. The number of aryl methyl sites for hydroxylation is 1. The van der Waals surface area contributed by atoms with Gasteiger partial charge in [-0.25, -0.2) is 39.9 Å². The predicted molar refractivity (Wildman–Crippen MR) is 594 cm³/mol. The van der Waals surface area contributed by atoms with Crippen LogP contribution in [0.3, 0.4) is 0 Å². The summed E-state index contributed by atoms with van der Waals surface area (Å²) in [5.74, 6) is 4.57. The molecule has 0 fully saturated rings. The molecule has 6 aromatic heterocycles. The fraction of sp³-hybridized carbons (Fsp3) is 0.0299. The van der Waals surface area contributed by atoms with Crippen molar-refractivity contribution in [3.05, 3.63) is 524 Å². The van der Waals surface area contributed by atoms with Gasteiger partial charge in [-0.15, -0.1) is 0 Å². The summed E-state index contributed by atoms with van der Waals surface area (Å²) in [5.41, 5.74) is 43.3. The van der Waals surface area contributed by atoms with E-state index in [-0.39, 0.29) is 0 Å². The SMILES string of the molecule is Cc1cccc(-c2cc(-c3ccccc3)nc(-c3cccc(-n4c5ccccc5c5ccc6c(c54)Cc4ccccc4-6)c3)n2)c1.c1ccc(-c2cccc(-c3nc(-c4ccccc4)nc(-c4cccc(-n5c6ccccc6c6ccc7c(c65)Cc5ccccc5-7)c4)n3)c2)cc1.c1ccc(-c2cccc(-c3nc(-c4ccccc4)nc(-c4cccc(-n5c6ccccc6c6ccc7c(c65)Cc5ccccc5-7)c4)n3)c2)cc1. The lowest BCUT2D eigenvalue weighted by molar-refractivity contribution is 1.07. The van der Waals surface area contributed by atoms with E-state index in [2.05, 4.69) is 451 Å². The summed E-state index contributed by atoms with van der Waals surface area (Å²) in [7, 11) is 0. The van der Waals surface area contributed by atoms with Gasteiger partial charge >= 0.3 is 0 Å². The maximum absolute atomic E-state index is 5.15. The minimum atomic E-state index is 0.638. The Bertz CT molecular complexity index is 9240. The molecule has 3 aliphatic rings. The molecule has 0 saturated heterocycles. The van der Waals surface area contributed by atoms with Crippen LogP contribution in [0.15, 0.2) is 485 Å². The van der Waals surface area contributed by atoms with Crippen molar-refractivity contribution in [1.29, 1.82) is 0 Å². The zero-order valence-corrected chi connectivity index (χ0v) is 79.2. The first-order valence-electron chi connectivity index (χ1n) is 49.5. The van der Waals surface area contributed by atoms with Crippen LogP contribution >= 0.6 is 0 Å². The molecule has 0 saturated carbocycles. The summed E-state index contributed by atoms with van der Waals surface area (Å²) >= 11 is 0. The maximum Gasteiger partial charge on any atom is 0.164 e. The molecule has 26 aromatic rings. The molecule has 0 radical (unpaired) electrons. The van der Waals surface area contributed by atoms with E-state index in [0.717, 1.165) is 120 Å². The molecule has 11 heteroatoms. The maximum atomic E-state index is 5.15. The number of benzene rings is 20. The van der Waals surface area contributed by atoms with E-state index in [1.165, 1.54) is 138 Å². The van der Waals surface area contributed by atoms with Crippen molar-refractivity contribution in [2.24, 2.45) is 0 Å². The number of fused-ring (bicyclic) bond motifs is 21. The van der Waals surface area contributed by atoms with Gasteiger partial charge in [0.05, 0.1) is 44.5 Å². The Balaban J connectivity index is 0.000000108. The lowest BCUT2D eigenvalue weighted by Crippen LogP contribution is -2.01. The zero-order valence-electron chi connectivity index (χ0n) is 79.2. The second-order valence-corrected chi connectivity index (χ2v) is 37.6. The summed E-state index contributed by atoms with van der Waals surface area (Å²) in [4.78, 5) is 40.8. The highest BCUT2D eigenvalue weighted by Crippen LogP contribution is 2.50. The van der Waals surface area contributed by atoms with E-state index in [1.807, 2.05) is 54.6 Å². The summed E-state index contributed by atoms with van der Waals surface area (Å²) in [6.07, 6.45) is 2.76. The van der Waals surface area contributed by atoms with E-state index >= 15 is 0 Å². The molecule has 0 N–H and O–H groups in total. The van der Waals surface area contributed by atoms with Crippen LogP contribution in [0.25, 0.3) is 240 Å². The Labute approximate surface area is 838 Å². The van der Waals surface area contributed by atoms with Crippen LogP contribution in [0.5, 0.6) is 0 Å². The Morgan fingerprint density at radius 1 is 0.166 bits per heavy atom. The molecular weight excluding hydrogens is 1760 g/mol. The molecule has 11 nitrogen and oxygen atoms in total. The van der Waals surface area contributed by atoms with Crippen molar-refractivity contribution < 1.29 is 0 Å². The molecule has 0 unspecified atom stereocenters. The minimum absolute atomic E-state index is 0.638. The largest absolute Gasteiger partial charge is 0.309 e. The van der Waals surface area contributed by atoms with Gasteiger partial charge in [0.1, 0.15) is 0 Å². The van der Waals surface area contributed by atoms with Crippen LogP contribution in [0.1, 0.15) is 38.9 Å². The van der Waals surface area contributed by atoms with Crippen LogP contribution in [0, 0.1) is 6.92 Å². The molecule has 0 amide bonds. The molecule has 0 aliphatic heterocycles. The van der Waals surface area contributed by atoms with E-state index in [9.17, 15) is 0 Å². The number of nitrogens with zero attached hydrogens (tertiary/aromatic N) is 11. The van der Waals surface area contributed by atoms with E-state index in [0.29, 0.717) is 40.8 Å². The number of para-hydroxylation sites is 3. The first kappa shape index (κ1) is 85.1. The van der Waals surface area contributed by atoms with Crippen LogP contribution in [0.2, 0.25) is 0 Å². The van der Waals surface area contributed by atoms with Gasteiger partial charge < -0.3 is 13.7 Å². The third-order valence-corrected chi connectivity index (χ3v) is 28.8. The summed E-state index contributed by atoms with van der Waals surface area (Å²) in [6.45, 7) is 2.12. The summed E-state index contributed by atoms with van der Waals surface area (Å²) < 4.78 is 7.31. The summed E-state index contributed by atoms with van der Waals surface area (Å²) in [5, 5.41) is 7.58. The number of rotatable bonds is 14. The van der Waals surface area contributed by atoms with Gasteiger partial charge in [-0.05, 0) is 175 Å². The number of aromatic nitrogens is 11. The third kappa shape index (κ3) is 15.4. The smallest absolute Gasteiger partial charge is 0.164 e. The second kappa shape index (κ2) is 36.0. The van der Waals surface area contributed by atoms with Crippen molar-refractivity contribution in [2.45, 2.75) is 26.2 Å². The van der Waals surface area contributed by atoms with Crippen LogP contribution in [-0.2, 0) is 19.3 Å². The Kier molecular flexibility index (Phi) is 21.1. The molecule has 6 heterocycles. The van der Waals surface area contributed by atoms with Crippen LogP contribution < -0.4 is 0 Å². The molecule has 0 atom stereocenters. The van der Waals surface area contributed by atoms with E-state index in [1.54, 1.807) is 0 Å². The highest BCUT2D eigenvalue weighted by molar-refractivity contribution is 6.15. The van der Waals surface area contributed by atoms with Crippen LogP contribution in [-0.4, -0.2) is 53.6 Å². The first-order chi connectivity index (χ1) is 71.8. The normalized spacial score (nSPS) is 12.0. The molecule has 0 spiro atoms. The molecule has 145 heavy (non-hydrogen) atoms. The highest BCUT2D eigenvalue weighted by Gasteiger charge is 2.31. The topological polar surface area (TPSA) is 118 Å². The molecule has 0 bridgehead atoms. The molecule has 29 rings (SSSR count). The van der Waals surface area contributed by atoms with Gasteiger partial charge in [0.15, 0.2) is 40.8 Å².